The van der Waals surface area contributed by atoms with Crippen LogP contribution in [0.5, 0.6) is 0 Å². The second-order valence-electron chi connectivity index (χ2n) is 7.47. The van der Waals surface area contributed by atoms with E-state index in [1.807, 2.05) is 30.3 Å². The average Bonchev–Trinajstić information content (AvgIpc) is 3.18. The molecule has 1 fully saturated rings. The number of hydrogen-bond acceptors (Lipinski definition) is 6. The lowest BCUT2D eigenvalue weighted by atomic mass is 9.98. The van der Waals surface area contributed by atoms with Gasteiger partial charge in [-0.3, -0.25) is 19.2 Å². The van der Waals surface area contributed by atoms with Crippen LogP contribution in [0.15, 0.2) is 48.5 Å². The molecule has 1 unspecified atom stereocenters. The second kappa shape index (κ2) is 10.9. The van der Waals surface area contributed by atoms with Gasteiger partial charge in [0.15, 0.2) is 6.10 Å². The Balaban J connectivity index is 1.68. The van der Waals surface area contributed by atoms with Gasteiger partial charge in [0, 0.05) is 17.5 Å². The van der Waals surface area contributed by atoms with Crippen LogP contribution < -0.4 is 16.1 Å². The Kier molecular flexibility index (Phi) is 7.99. The molecule has 3 amide bonds. The van der Waals surface area contributed by atoms with E-state index in [9.17, 15) is 24.3 Å². The molecule has 2 aromatic carbocycles. The zero-order chi connectivity index (χ0) is 24.0. The van der Waals surface area contributed by atoms with Crippen molar-refractivity contribution in [2.75, 3.05) is 6.61 Å². The fraction of sp³-hybridized carbons (Fsp3) is 0.273. The van der Waals surface area contributed by atoms with Gasteiger partial charge in [0.1, 0.15) is 12.6 Å². The summed E-state index contributed by atoms with van der Waals surface area (Å²) in [6.07, 6.45) is -1.90. The highest BCUT2D eigenvalue weighted by atomic mass is 35.5. The molecular weight excluding hydrogens is 454 g/mol. The number of aliphatic carboxylic acids is 1. The number of hydrogen-bond donors (Lipinski definition) is 5. The summed E-state index contributed by atoms with van der Waals surface area (Å²) in [6.45, 7) is -0.127. The highest BCUT2D eigenvalue weighted by molar-refractivity contribution is 6.35. The third-order valence-corrected chi connectivity index (χ3v) is 5.21. The maximum absolute atomic E-state index is 12.3. The molecule has 0 radical (unpaired) electrons. The first kappa shape index (κ1) is 24.2. The van der Waals surface area contributed by atoms with E-state index in [4.69, 9.17) is 16.7 Å². The Labute approximate surface area is 193 Å². The molecule has 1 saturated heterocycles. The van der Waals surface area contributed by atoms with Gasteiger partial charge in [0.25, 0.3) is 5.91 Å². The van der Waals surface area contributed by atoms with Crippen molar-refractivity contribution < 1.29 is 34.2 Å². The summed E-state index contributed by atoms with van der Waals surface area (Å²) in [5.41, 5.74) is 4.62. The van der Waals surface area contributed by atoms with Crippen LogP contribution in [0.1, 0.15) is 12.0 Å². The monoisotopic (exact) mass is 475 g/mol. The molecule has 0 bridgehead atoms. The Hall–Kier alpha value is -3.47. The Morgan fingerprint density at radius 3 is 2.45 bits per heavy atom. The normalized spacial score (nSPS) is 17.0. The van der Waals surface area contributed by atoms with Crippen molar-refractivity contribution in [2.24, 2.45) is 0 Å². The van der Waals surface area contributed by atoms with Crippen molar-refractivity contribution >= 4 is 35.3 Å². The van der Waals surface area contributed by atoms with Crippen LogP contribution in [0.2, 0.25) is 5.02 Å². The molecule has 10 nitrogen and oxygen atoms in total. The van der Waals surface area contributed by atoms with Crippen molar-refractivity contribution in [3.63, 3.8) is 0 Å². The van der Waals surface area contributed by atoms with Crippen molar-refractivity contribution in [3.8, 4) is 11.1 Å². The third kappa shape index (κ3) is 6.75. The van der Waals surface area contributed by atoms with Gasteiger partial charge in [-0.2, -0.15) is 0 Å². The van der Waals surface area contributed by atoms with Gasteiger partial charge in [0.05, 0.1) is 0 Å². The average molecular weight is 476 g/mol. The van der Waals surface area contributed by atoms with Gasteiger partial charge in [-0.1, -0.05) is 48.0 Å². The molecular formula is C22H22ClN3O7. The van der Waals surface area contributed by atoms with Crippen LogP contribution in [-0.4, -0.2) is 58.7 Å². The van der Waals surface area contributed by atoms with Crippen molar-refractivity contribution in [3.05, 3.63) is 59.1 Å². The molecule has 1 aliphatic heterocycles. The molecule has 5 N–H and O–H groups in total. The van der Waals surface area contributed by atoms with Crippen molar-refractivity contribution in [1.82, 2.24) is 16.1 Å². The molecule has 0 spiro atoms. The van der Waals surface area contributed by atoms with Crippen LogP contribution >= 0.6 is 11.6 Å². The van der Waals surface area contributed by atoms with E-state index >= 15 is 0 Å². The van der Waals surface area contributed by atoms with E-state index in [1.165, 1.54) is 0 Å². The van der Waals surface area contributed by atoms with Crippen LogP contribution in [0.25, 0.3) is 11.1 Å². The van der Waals surface area contributed by atoms with Crippen molar-refractivity contribution in [2.45, 2.75) is 31.0 Å². The lowest BCUT2D eigenvalue weighted by Crippen LogP contribution is -2.51. The van der Waals surface area contributed by atoms with Crippen LogP contribution in [0.4, 0.5) is 0 Å². The number of carbonyl (C=O) groups is 4. The van der Waals surface area contributed by atoms with E-state index in [-0.39, 0.29) is 19.4 Å². The Morgan fingerprint density at radius 1 is 1.12 bits per heavy atom. The van der Waals surface area contributed by atoms with Gasteiger partial charge in [0.2, 0.25) is 0 Å². The van der Waals surface area contributed by atoms with E-state index < -0.39 is 41.9 Å². The third-order valence-electron chi connectivity index (χ3n) is 4.97. The van der Waals surface area contributed by atoms with Crippen molar-refractivity contribution in [1.29, 1.82) is 0 Å². The topological polar surface area (TPSA) is 154 Å². The number of amides is 3. The van der Waals surface area contributed by atoms with Crippen LogP contribution in [0.3, 0.4) is 0 Å². The molecule has 0 saturated carbocycles. The number of carboxylic acids is 1. The zero-order valence-corrected chi connectivity index (χ0v) is 18.0. The maximum Gasteiger partial charge on any atom is 0.332 e. The number of halogens is 1. The first-order valence-corrected chi connectivity index (χ1v) is 10.4. The van der Waals surface area contributed by atoms with Gasteiger partial charge in [-0.15, -0.1) is 0 Å². The SMILES string of the molecule is O=C(NC1CONC1=O)C(=O)N[C@H](Cc1ccc(-c2cccc(Cl)c2)cc1)C[C@@H](O)C(=O)O. The molecule has 0 aliphatic carbocycles. The molecule has 1 aliphatic rings. The zero-order valence-electron chi connectivity index (χ0n) is 17.3. The number of carboxylic acid groups (broad SMARTS) is 1. The number of aliphatic hydroxyl groups is 1. The molecule has 33 heavy (non-hydrogen) atoms. The summed E-state index contributed by atoms with van der Waals surface area (Å²) in [4.78, 5) is 51.7. The second-order valence-corrected chi connectivity index (χ2v) is 7.91. The number of rotatable bonds is 8. The minimum atomic E-state index is -1.74. The highest BCUT2D eigenvalue weighted by Crippen LogP contribution is 2.23. The fourth-order valence-electron chi connectivity index (χ4n) is 3.27. The number of nitrogens with one attached hydrogen (secondary N) is 3. The van der Waals surface area contributed by atoms with Gasteiger partial charge >= 0.3 is 17.8 Å². The quantitative estimate of drug-likeness (QED) is 0.346. The number of aliphatic hydroxyl groups excluding tert-OH is 1. The molecule has 3 atom stereocenters. The molecule has 1 heterocycles. The Bertz CT molecular complexity index is 1040. The van der Waals surface area contributed by atoms with Crippen LogP contribution in [0, 0.1) is 0 Å². The smallest absolute Gasteiger partial charge is 0.332 e. The first-order valence-electron chi connectivity index (χ1n) is 10.0. The largest absolute Gasteiger partial charge is 0.479 e. The van der Waals surface area contributed by atoms with E-state index in [2.05, 4.69) is 21.0 Å². The van der Waals surface area contributed by atoms with E-state index in [0.717, 1.165) is 16.7 Å². The van der Waals surface area contributed by atoms with Gasteiger partial charge < -0.3 is 20.8 Å². The molecule has 2 aromatic rings. The molecule has 174 valence electrons. The van der Waals surface area contributed by atoms with E-state index in [1.54, 1.807) is 18.2 Å². The highest BCUT2D eigenvalue weighted by Gasteiger charge is 2.30. The summed E-state index contributed by atoms with van der Waals surface area (Å²) in [7, 11) is 0. The number of carbonyl (C=O) groups excluding carboxylic acids is 3. The summed E-state index contributed by atoms with van der Waals surface area (Å²) < 4.78 is 0. The lowest BCUT2D eigenvalue weighted by molar-refractivity contribution is -0.147. The predicted octanol–water partition coefficient (Wildman–Crippen LogP) is 0.416. The van der Waals surface area contributed by atoms with Crippen LogP contribution in [-0.2, 0) is 30.4 Å². The minimum Gasteiger partial charge on any atom is -0.479 e. The van der Waals surface area contributed by atoms with E-state index in [0.29, 0.717) is 5.02 Å². The Morgan fingerprint density at radius 2 is 1.85 bits per heavy atom. The minimum absolute atomic E-state index is 0.127. The number of benzene rings is 2. The fourth-order valence-corrected chi connectivity index (χ4v) is 3.46. The summed E-state index contributed by atoms with van der Waals surface area (Å²) in [6, 6.07) is 12.7. The summed E-state index contributed by atoms with van der Waals surface area (Å²) in [5, 5.41) is 24.1. The molecule has 11 heteroatoms. The summed E-state index contributed by atoms with van der Waals surface area (Å²) >= 11 is 6.03. The van der Waals surface area contributed by atoms with Gasteiger partial charge in [-0.25, -0.2) is 10.3 Å². The number of hydroxylamine groups is 1. The lowest BCUT2D eigenvalue weighted by Gasteiger charge is -2.20. The maximum atomic E-state index is 12.3. The predicted molar refractivity (Wildman–Crippen MR) is 117 cm³/mol. The first-order chi connectivity index (χ1) is 15.7. The summed E-state index contributed by atoms with van der Waals surface area (Å²) in [5.74, 6) is -4.18. The molecule has 0 aromatic heterocycles. The van der Waals surface area contributed by atoms with Gasteiger partial charge in [-0.05, 0) is 35.2 Å². The standard InChI is InChI=1S/C22H22ClN3O7/c23-15-3-1-2-14(9-15)13-6-4-12(5-7-13)8-16(10-18(27)22(31)32)24-20(29)21(30)25-17-11-33-26-19(17)28/h1-7,9,16-18,27H,8,10-11H2,(H,24,29)(H,25,30)(H,26,28)(H,31,32)/t16-,17?,18-/m1/s1. The molecule has 3 rings (SSSR count).